The lowest BCUT2D eigenvalue weighted by Crippen LogP contribution is -2.32. The summed E-state index contributed by atoms with van der Waals surface area (Å²) in [6.07, 6.45) is 3.95. The minimum atomic E-state index is -0.616. The molecule has 0 saturated carbocycles. The summed E-state index contributed by atoms with van der Waals surface area (Å²) < 4.78 is 1.72. The number of carbonyl (C=O) groups is 1. The number of rotatable bonds is 3. The quantitative estimate of drug-likeness (QED) is 0.586. The molecule has 3 N–H and O–H groups in total. The largest absolute Gasteiger partial charge is 0.317 e. The van der Waals surface area contributed by atoms with Crippen LogP contribution < -0.4 is 16.4 Å². The van der Waals surface area contributed by atoms with E-state index in [1.807, 2.05) is 12.3 Å². The Labute approximate surface area is 127 Å². The number of aromatic nitrogens is 1. The molecule has 0 aliphatic carbocycles. The van der Waals surface area contributed by atoms with E-state index >= 15 is 0 Å². The van der Waals surface area contributed by atoms with Crippen molar-refractivity contribution in [3.05, 3.63) is 46.4 Å². The first-order valence-corrected chi connectivity index (χ1v) is 7.47. The van der Waals surface area contributed by atoms with Gasteiger partial charge in [-0.3, -0.25) is 14.8 Å². The van der Waals surface area contributed by atoms with Crippen molar-refractivity contribution in [1.82, 2.24) is 15.4 Å². The van der Waals surface area contributed by atoms with Crippen LogP contribution in [0.1, 0.15) is 23.2 Å². The highest BCUT2D eigenvalue weighted by molar-refractivity contribution is 5.97. The van der Waals surface area contributed by atoms with E-state index in [1.54, 1.807) is 22.2 Å². The molecule has 2 aromatic rings. The predicted molar refractivity (Wildman–Crippen MR) is 83.1 cm³/mol. The lowest BCUT2D eigenvalue weighted by Gasteiger charge is -2.23. The van der Waals surface area contributed by atoms with E-state index in [0.29, 0.717) is 17.8 Å². The first-order valence-electron chi connectivity index (χ1n) is 7.47. The second-order valence-corrected chi connectivity index (χ2v) is 5.71. The highest BCUT2D eigenvalue weighted by Gasteiger charge is 2.15. The Balaban J connectivity index is 1.96. The molecule has 0 atom stereocenters. The van der Waals surface area contributed by atoms with Crippen molar-refractivity contribution in [3.63, 3.8) is 0 Å². The standard InChI is InChI=1S/C16H19N3O3/c20-15(18-22)13-2-1-12-5-8-19(16(21)14(12)9-13)10-11-3-6-17-7-4-11/h1-2,5,8-9,11,17,22H,3-4,6-7,10H2,(H,18,20). The fourth-order valence-electron chi connectivity index (χ4n) is 2.97. The number of nitrogens with one attached hydrogen (secondary N) is 2. The van der Waals surface area contributed by atoms with Crippen molar-refractivity contribution in [2.75, 3.05) is 13.1 Å². The summed E-state index contributed by atoms with van der Waals surface area (Å²) in [5, 5.41) is 13.3. The zero-order valence-electron chi connectivity index (χ0n) is 12.2. The summed E-state index contributed by atoms with van der Waals surface area (Å²) in [5.41, 5.74) is 1.77. The normalized spacial score (nSPS) is 15.9. The molecule has 1 aliphatic rings. The molecular formula is C16H19N3O3. The predicted octanol–water partition coefficient (Wildman–Crippen LogP) is 1.12. The third kappa shape index (κ3) is 2.88. The Morgan fingerprint density at radius 1 is 1.32 bits per heavy atom. The molecule has 22 heavy (non-hydrogen) atoms. The summed E-state index contributed by atoms with van der Waals surface area (Å²) in [7, 11) is 0. The van der Waals surface area contributed by atoms with Gasteiger partial charge in [0.15, 0.2) is 0 Å². The SMILES string of the molecule is O=C(NO)c1ccc2ccn(CC3CCNCC3)c(=O)c2c1. The average Bonchev–Trinajstić information content (AvgIpc) is 2.57. The van der Waals surface area contributed by atoms with Crippen molar-refractivity contribution in [2.24, 2.45) is 5.92 Å². The van der Waals surface area contributed by atoms with E-state index in [1.165, 1.54) is 6.07 Å². The second kappa shape index (κ2) is 6.29. The number of amides is 1. The van der Waals surface area contributed by atoms with Gasteiger partial charge in [-0.15, -0.1) is 0 Å². The molecule has 6 nitrogen and oxygen atoms in total. The maximum absolute atomic E-state index is 12.6. The number of hydroxylamine groups is 1. The van der Waals surface area contributed by atoms with E-state index in [2.05, 4.69) is 5.32 Å². The summed E-state index contributed by atoms with van der Waals surface area (Å²) in [6, 6.07) is 6.72. The maximum Gasteiger partial charge on any atom is 0.274 e. The Morgan fingerprint density at radius 3 is 2.82 bits per heavy atom. The highest BCUT2D eigenvalue weighted by Crippen LogP contribution is 2.16. The smallest absolute Gasteiger partial charge is 0.274 e. The molecule has 1 aliphatic heterocycles. The van der Waals surface area contributed by atoms with Crippen LogP contribution in [-0.4, -0.2) is 28.8 Å². The number of hydrogen-bond acceptors (Lipinski definition) is 4. The van der Waals surface area contributed by atoms with Crippen molar-refractivity contribution in [2.45, 2.75) is 19.4 Å². The zero-order valence-corrected chi connectivity index (χ0v) is 12.2. The van der Waals surface area contributed by atoms with Gasteiger partial charge in [-0.2, -0.15) is 0 Å². The fraction of sp³-hybridized carbons (Fsp3) is 0.375. The van der Waals surface area contributed by atoms with Crippen LogP contribution in [0, 0.1) is 5.92 Å². The number of carbonyl (C=O) groups excluding carboxylic acids is 1. The van der Waals surface area contributed by atoms with Crippen molar-refractivity contribution in [3.8, 4) is 0 Å². The average molecular weight is 301 g/mol. The number of hydrogen-bond donors (Lipinski definition) is 3. The monoisotopic (exact) mass is 301 g/mol. The van der Waals surface area contributed by atoms with E-state index in [4.69, 9.17) is 5.21 Å². The molecule has 6 heteroatoms. The molecule has 1 aromatic heterocycles. The minimum absolute atomic E-state index is 0.0939. The molecule has 116 valence electrons. The van der Waals surface area contributed by atoms with Crippen LogP contribution in [0.3, 0.4) is 0 Å². The Kier molecular flexibility index (Phi) is 4.22. The molecule has 0 spiro atoms. The molecule has 0 unspecified atom stereocenters. The first-order chi connectivity index (χ1) is 10.7. The molecule has 1 saturated heterocycles. The van der Waals surface area contributed by atoms with E-state index in [9.17, 15) is 9.59 Å². The van der Waals surface area contributed by atoms with Gasteiger partial charge in [0.1, 0.15) is 0 Å². The topological polar surface area (TPSA) is 83.4 Å². The van der Waals surface area contributed by atoms with Crippen LogP contribution in [0.25, 0.3) is 10.8 Å². The van der Waals surface area contributed by atoms with Crippen LogP contribution in [0.2, 0.25) is 0 Å². The van der Waals surface area contributed by atoms with Gasteiger partial charge < -0.3 is 9.88 Å². The Hall–Kier alpha value is -2.18. The molecule has 3 rings (SSSR count). The van der Waals surface area contributed by atoms with Crippen LogP contribution in [0.15, 0.2) is 35.3 Å². The van der Waals surface area contributed by atoms with Gasteiger partial charge in [-0.25, -0.2) is 5.48 Å². The number of pyridine rings is 1. The third-order valence-corrected chi connectivity index (χ3v) is 4.26. The Morgan fingerprint density at radius 2 is 2.09 bits per heavy atom. The fourth-order valence-corrected chi connectivity index (χ4v) is 2.97. The lowest BCUT2D eigenvalue weighted by atomic mass is 9.98. The van der Waals surface area contributed by atoms with Crippen LogP contribution in [-0.2, 0) is 6.54 Å². The molecule has 2 heterocycles. The number of nitrogens with zero attached hydrogens (tertiary/aromatic N) is 1. The van der Waals surface area contributed by atoms with Crippen molar-refractivity contribution < 1.29 is 10.0 Å². The van der Waals surface area contributed by atoms with Crippen molar-refractivity contribution >= 4 is 16.7 Å². The summed E-state index contributed by atoms with van der Waals surface area (Å²) in [5.74, 6) is -0.115. The number of benzene rings is 1. The first kappa shape index (κ1) is 14.7. The molecule has 1 fully saturated rings. The molecule has 1 amide bonds. The van der Waals surface area contributed by atoms with Gasteiger partial charge in [0.05, 0.1) is 0 Å². The van der Waals surface area contributed by atoms with Crippen molar-refractivity contribution in [1.29, 1.82) is 0 Å². The molecular weight excluding hydrogens is 282 g/mol. The van der Waals surface area contributed by atoms with Gasteiger partial charge in [0.25, 0.3) is 11.5 Å². The van der Waals surface area contributed by atoms with E-state index < -0.39 is 5.91 Å². The maximum atomic E-state index is 12.6. The van der Waals surface area contributed by atoms with Crippen LogP contribution in [0.4, 0.5) is 0 Å². The lowest BCUT2D eigenvalue weighted by molar-refractivity contribution is 0.0706. The zero-order chi connectivity index (χ0) is 15.5. The van der Waals surface area contributed by atoms with Crippen LogP contribution in [0.5, 0.6) is 0 Å². The van der Waals surface area contributed by atoms with E-state index in [-0.39, 0.29) is 11.1 Å². The van der Waals surface area contributed by atoms with E-state index in [0.717, 1.165) is 31.3 Å². The number of piperidine rings is 1. The van der Waals surface area contributed by atoms with Gasteiger partial charge >= 0.3 is 0 Å². The van der Waals surface area contributed by atoms with Gasteiger partial charge in [0, 0.05) is 23.7 Å². The highest BCUT2D eigenvalue weighted by atomic mass is 16.5. The van der Waals surface area contributed by atoms with Gasteiger partial charge in [0.2, 0.25) is 0 Å². The minimum Gasteiger partial charge on any atom is -0.317 e. The third-order valence-electron chi connectivity index (χ3n) is 4.26. The van der Waals surface area contributed by atoms with Gasteiger partial charge in [-0.1, -0.05) is 6.07 Å². The van der Waals surface area contributed by atoms with Crippen LogP contribution >= 0.6 is 0 Å². The molecule has 0 bridgehead atoms. The molecule has 1 aromatic carbocycles. The summed E-state index contributed by atoms with van der Waals surface area (Å²) in [6.45, 7) is 2.69. The second-order valence-electron chi connectivity index (χ2n) is 5.71. The van der Waals surface area contributed by atoms with Gasteiger partial charge in [-0.05, 0) is 55.4 Å². The Bertz CT molecular complexity index is 748. The number of fused-ring (bicyclic) bond motifs is 1. The molecule has 0 radical (unpaired) electrons. The summed E-state index contributed by atoms with van der Waals surface area (Å²) >= 11 is 0. The summed E-state index contributed by atoms with van der Waals surface area (Å²) in [4.78, 5) is 24.1.